The summed E-state index contributed by atoms with van der Waals surface area (Å²) in [6.07, 6.45) is 0. The molecular weight excluding hydrogens is 319 g/mol. The number of rotatable bonds is 2. The van der Waals surface area contributed by atoms with Gasteiger partial charge in [0.2, 0.25) is 0 Å². The molecule has 2 rings (SSSR count). The van der Waals surface area contributed by atoms with Crippen molar-refractivity contribution in [2.24, 2.45) is 0 Å². The highest BCUT2D eigenvalue weighted by molar-refractivity contribution is 9.10. The molecule has 0 bridgehead atoms. The van der Waals surface area contributed by atoms with Gasteiger partial charge in [-0.1, -0.05) is 27.5 Å². The van der Waals surface area contributed by atoms with E-state index in [-0.39, 0.29) is 0 Å². The van der Waals surface area contributed by atoms with E-state index in [2.05, 4.69) is 21.2 Å². The Labute approximate surface area is 117 Å². The number of nitrogens with one attached hydrogen (secondary N) is 1. The maximum Gasteiger partial charge on any atom is 0.146 e. The van der Waals surface area contributed by atoms with Gasteiger partial charge in [-0.2, -0.15) is 5.26 Å². The first-order chi connectivity index (χ1) is 8.60. The lowest BCUT2D eigenvalue weighted by atomic mass is 10.2. The fraction of sp³-hybridized carbons (Fsp3) is 0. The molecule has 0 saturated heterocycles. The van der Waals surface area contributed by atoms with Crippen LogP contribution in [0.2, 0.25) is 5.02 Å². The molecule has 0 spiro atoms. The lowest BCUT2D eigenvalue weighted by molar-refractivity contribution is 0.631. The zero-order chi connectivity index (χ0) is 13.1. The number of anilines is 2. The molecule has 90 valence electrons. The van der Waals surface area contributed by atoms with Gasteiger partial charge in [-0.05, 0) is 36.4 Å². The van der Waals surface area contributed by atoms with Gasteiger partial charge in [-0.15, -0.1) is 0 Å². The molecule has 2 nitrogen and oxygen atoms in total. The van der Waals surface area contributed by atoms with Gasteiger partial charge in [0, 0.05) is 9.50 Å². The molecule has 5 heteroatoms. The van der Waals surface area contributed by atoms with Crippen molar-refractivity contribution in [1.29, 1.82) is 5.26 Å². The second-order valence-corrected chi connectivity index (χ2v) is 4.90. The zero-order valence-corrected chi connectivity index (χ0v) is 11.4. The number of benzene rings is 2. The van der Waals surface area contributed by atoms with Crippen LogP contribution >= 0.6 is 27.5 Å². The summed E-state index contributed by atoms with van der Waals surface area (Å²) in [5, 5.41) is 12.3. The van der Waals surface area contributed by atoms with E-state index in [1.54, 1.807) is 24.3 Å². The maximum atomic E-state index is 13.6. The summed E-state index contributed by atoms with van der Waals surface area (Å²) >= 11 is 9.06. The van der Waals surface area contributed by atoms with Crippen LogP contribution in [0.5, 0.6) is 0 Å². The Balaban J connectivity index is 2.40. The fourth-order valence-corrected chi connectivity index (χ4v) is 1.99. The summed E-state index contributed by atoms with van der Waals surface area (Å²) in [7, 11) is 0. The molecule has 0 atom stereocenters. The highest BCUT2D eigenvalue weighted by Gasteiger charge is 2.07. The van der Waals surface area contributed by atoms with Crippen LogP contribution in [0, 0.1) is 17.1 Å². The van der Waals surface area contributed by atoms with Gasteiger partial charge in [0.1, 0.15) is 11.9 Å². The molecule has 0 aromatic heterocycles. The lowest BCUT2D eigenvalue weighted by Crippen LogP contribution is -1.96. The second-order valence-electron chi connectivity index (χ2n) is 3.55. The average molecular weight is 326 g/mol. The molecule has 2 aromatic carbocycles. The first-order valence-electron chi connectivity index (χ1n) is 5.02. The van der Waals surface area contributed by atoms with Gasteiger partial charge >= 0.3 is 0 Å². The summed E-state index contributed by atoms with van der Waals surface area (Å²) < 4.78 is 14.3. The molecule has 2 aromatic rings. The molecular formula is C13H7BrClFN2. The summed E-state index contributed by atoms with van der Waals surface area (Å²) in [4.78, 5) is 0. The van der Waals surface area contributed by atoms with Crippen molar-refractivity contribution in [3.63, 3.8) is 0 Å². The summed E-state index contributed by atoms with van der Waals surface area (Å²) in [6.45, 7) is 0. The molecule has 0 fully saturated rings. The minimum atomic E-state index is -0.392. The van der Waals surface area contributed by atoms with Crippen LogP contribution in [0.3, 0.4) is 0 Å². The Morgan fingerprint density at radius 3 is 2.67 bits per heavy atom. The predicted molar refractivity (Wildman–Crippen MR) is 73.5 cm³/mol. The van der Waals surface area contributed by atoms with E-state index in [1.165, 1.54) is 12.1 Å². The van der Waals surface area contributed by atoms with Crippen molar-refractivity contribution in [1.82, 2.24) is 0 Å². The van der Waals surface area contributed by atoms with Crippen LogP contribution in [-0.4, -0.2) is 0 Å². The van der Waals surface area contributed by atoms with E-state index in [0.717, 1.165) is 4.47 Å². The van der Waals surface area contributed by atoms with Crippen molar-refractivity contribution < 1.29 is 4.39 Å². The highest BCUT2D eigenvalue weighted by Crippen LogP contribution is 2.27. The summed E-state index contributed by atoms with van der Waals surface area (Å²) in [6, 6.07) is 11.4. The highest BCUT2D eigenvalue weighted by atomic mass is 79.9. The number of halogens is 3. The SMILES string of the molecule is N#Cc1cc(Cl)ccc1Nc1cc(Br)ccc1F. The van der Waals surface area contributed by atoms with E-state index < -0.39 is 5.82 Å². The van der Waals surface area contributed by atoms with Crippen LogP contribution in [0.25, 0.3) is 0 Å². The molecule has 18 heavy (non-hydrogen) atoms. The second kappa shape index (κ2) is 5.38. The van der Waals surface area contributed by atoms with Crippen LogP contribution < -0.4 is 5.32 Å². The van der Waals surface area contributed by atoms with Gasteiger partial charge in [0.05, 0.1) is 16.9 Å². The van der Waals surface area contributed by atoms with Crippen molar-refractivity contribution >= 4 is 38.9 Å². The molecule has 0 amide bonds. The smallest absolute Gasteiger partial charge is 0.146 e. The Morgan fingerprint density at radius 2 is 1.94 bits per heavy atom. The van der Waals surface area contributed by atoms with E-state index in [4.69, 9.17) is 16.9 Å². The van der Waals surface area contributed by atoms with E-state index >= 15 is 0 Å². The van der Waals surface area contributed by atoms with E-state index in [1.807, 2.05) is 6.07 Å². The van der Waals surface area contributed by atoms with E-state index in [0.29, 0.717) is 22.0 Å². The summed E-state index contributed by atoms with van der Waals surface area (Å²) in [5.74, 6) is -0.392. The van der Waals surface area contributed by atoms with Crippen molar-refractivity contribution in [2.45, 2.75) is 0 Å². The van der Waals surface area contributed by atoms with Gasteiger partial charge in [-0.3, -0.25) is 0 Å². The Hall–Kier alpha value is -1.57. The molecule has 0 heterocycles. The zero-order valence-electron chi connectivity index (χ0n) is 9.05. The molecule has 0 aliphatic heterocycles. The Kier molecular flexibility index (Phi) is 3.85. The van der Waals surface area contributed by atoms with Crippen molar-refractivity contribution in [3.05, 3.63) is 57.3 Å². The van der Waals surface area contributed by atoms with Crippen LogP contribution in [-0.2, 0) is 0 Å². The van der Waals surface area contributed by atoms with Crippen molar-refractivity contribution in [2.75, 3.05) is 5.32 Å². The Bertz CT molecular complexity index is 637. The van der Waals surface area contributed by atoms with Gasteiger partial charge in [-0.25, -0.2) is 4.39 Å². The third-order valence-electron chi connectivity index (χ3n) is 2.30. The third-order valence-corrected chi connectivity index (χ3v) is 3.03. The number of hydrogen-bond acceptors (Lipinski definition) is 2. The number of nitrogens with zero attached hydrogens (tertiary/aromatic N) is 1. The molecule has 0 saturated carbocycles. The molecule has 0 aliphatic carbocycles. The molecule has 0 unspecified atom stereocenters. The van der Waals surface area contributed by atoms with Gasteiger partial charge in [0.15, 0.2) is 0 Å². The number of hydrogen-bond donors (Lipinski definition) is 1. The lowest BCUT2D eigenvalue weighted by Gasteiger charge is -2.09. The van der Waals surface area contributed by atoms with Crippen LogP contribution in [0.15, 0.2) is 40.9 Å². The van der Waals surface area contributed by atoms with Crippen LogP contribution in [0.1, 0.15) is 5.56 Å². The number of nitriles is 1. The standard InChI is InChI=1S/C13H7BrClFN2/c14-9-1-3-11(16)13(6-9)18-12-4-2-10(15)5-8(12)7-17/h1-6,18H. The quantitative estimate of drug-likeness (QED) is 0.856. The van der Waals surface area contributed by atoms with E-state index in [9.17, 15) is 4.39 Å². The maximum absolute atomic E-state index is 13.6. The first kappa shape index (κ1) is 12.9. The third kappa shape index (κ3) is 2.81. The first-order valence-corrected chi connectivity index (χ1v) is 6.19. The Morgan fingerprint density at radius 1 is 1.17 bits per heavy atom. The molecule has 1 N–H and O–H groups in total. The van der Waals surface area contributed by atoms with Crippen molar-refractivity contribution in [3.8, 4) is 6.07 Å². The minimum absolute atomic E-state index is 0.295. The molecule has 0 radical (unpaired) electrons. The minimum Gasteiger partial charge on any atom is -0.352 e. The van der Waals surface area contributed by atoms with Gasteiger partial charge < -0.3 is 5.32 Å². The topological polar surface area (TPSA) is 35.8 Å². The monoisotopic (exact) mass is 324 g/mol. The molecule has 0 aliphatic rings. The predicted octanol–water partition coefficient (Wildman–Crippen LogP) is 4.86. The largest absolute Gasteiger partial charge is 0.352 e. The van der Waals surface area contributed by atoms with Gasteiger partial charge in [0.25, 0.3) is 0 Å². The fourth-order valence-electron chi connectivity index (χ4n) is 1.46. The van der Waals surface area contributed by atoms with Crippen LogP contribution in [0.4, 0.5) is 15.8 Å². The summed E-state index contributed by atoms with van der Waals surface area (Å²) in [5.41, 5.74) is 1.17. The normalized spacial score (nSPS) is 9.89. The average Bonchev–Trinajstić information content (AvgIpc) is 2.36.